The van der Waals surface area contributed by atoms with Crippen LogP contribution in [-0.4, -0.2) is 11.8 Å². The molecule has 1 heterocycles. The van der Waals surface area contributed by atoms with E-state index in [0.29, 0.717) is 23.1 Å². The van der Waals surface area contributed by atoms with Crippen LogP contribution in [0.25, 0.3) is 11.0 Å². The molecule has 2 aromatic carbocycles. The van der Waals surface area contributed by atoms with E-state index >= 15 is 0 Å². The summed E-state index contributed by atoms with van der Waals surface area (Å²) in [5, 5.41) is 1.36. The van der Waals surface area contributed by atoms with E-state index in [1.165, 1.54) is 17.8 Å². The second-order valence-corrected chi connectivity index (χ2v) is 7.14. The van der Waals surface area contributed by atoms with E-state index in [4.69, 9.17) is 14.9 Å². The molecule has 0 unspecified atom stereocenters. The zero-order valence-corrected chi connectivity index (χ0v) is 16.4. The minimum atomic E-state index is -0.353. The van der Waals surface area contributed by atoms with Crippen LogP contribution in [0.5, 0.6) is 5.75 Å². The molecule has 0 atom stereocenters. The fourth-order valence-electron chi connectivity index (χ4n) is 2.74. The molecule has 0 fully saturated rings. The van der Waals surface area contributed by atoms with Crippen LogP contribution in [0.3, 0.4) is 0 Å². The first kappa shape index (κ1) is 19.0. The van der Waals surface area contributed by atoms with Crippen molar-refractivity contribution in [3.05, 3.63) is 69.6 Å². The minimum absolute atomic E-state index is 0.353. The summed E-state index contributed by atoms with van der Waals surface area (Å²) < 4.78 is 10.8. The van der Waals surface area contributed by atoms with Crippen molar-refractivity contribution in [2.45, 2.75) is 26.5 Å². The lowest BCUT2D eigenvalue weighted by molar-refractivity contribution is 0.340. The smallest absolute Gasteiger partial charge is 0.336 e. The molecular formula is C21H22N2O3S. The van der Waals surface area contributed by atoms with Crippen molar-refractivity contribution in [3.8, 4) is 5.75 Å². The molecule has 0 aliphatic carbocycles. The van der Waals surface area contributed by atoms with Gasteiger partial charge in [-0.3, -0.25) is 0 Å². The standard InChI is InChI=1S/C21H22N2O3S/c1-4-25-17-8-6-16(7-9-17)23-21(22)27-12-15-11-19(24)26-20-14(3)13(2)5-10-18(15)20/h5-11H,4,12H2,1-3H3,(H2,22,23). The highest BCUT2D eigenvalue weighted by molar-refractivity contribution is 8.13. The van der Waals surface area contributed by atoms with Gasteiger partial charge < -0.3 is 14.9 Å². The maximum absolute atomic E-state index is 11.9. The van der Waals surface area contributed by atoms with Crippen LogP contribution in [0.2, 0.25) is 0 Å². The molecular weight excluding hydrogens is 360 g/mol. The molecule has 0 saturated carbocycles. The Morgan fingerprint density at radius 2 is 1.93 bits per heavy atom. The highest BCUT2D eigenvalue weighted by Gasteiger charge is 2.10. The molecule has 3 aromatic rings. The lowest BCUT2D eigenvalue weighted by Gasteiger charge is -2.09. The van der Waals surface area contributed by atoms with Gasteiger partial charge in [0.15, 0.2) is 5.17 Å². The van der Waals surface area contributed by atoms with Gasteiger partial charge in [0.1, 0.15) is 11.3 Å². The van der Waals surface area contributed by atoms with Crippen LogP contribution in [0.15, 0.2) is 56.7 Å². The first-order valence-corrected chi connectivity index (χ1v) is 9.69. The summed E-state index contributed by atoms with van der Waals surface area (Å²) in [4.78, 5) is 16.3. The molecule has 140 valence electrons. The summed E-state index contributed by atoms with van der Waals surface area (Å²) in [6.07, 6.45) is 0. The van der Waals surface area contributed by atoms with E-state index < -0.39 is 0 Å². The number of amidine groups is 1. The van der Waals surface area contributed by atoms with Crippen molar-refractivity contribution in [3.63, 3.8) is 0 Å². The lowest BCUT2D eigenvalue weighted by atomic mass is 10.0. The lowest BCUT2D eigenvalue weighted by Crippen LogP contribution is -2.07. The maximum Gasteiger partial charge on any atom is 0.336 e. The predicted octanol–water partition coefficient (Wildman–Crippen LogP) is 4.69. The SMILES string of the molecule is CCOc1ccc(N=C(N)SCc2cc(=O)oc3c(C)c(C)ccc23)cc1. The zero-order valence-electron chi connectivity index (χ0n) is 15.6. The van der Waals surface area contributed by atoms with Crippen LogP contribution in [-0.2, 0) is 5.75 Å². The van der Waals surface area contributed by atoms with E-state index in [1.54, 1.807) is 0 Å². The van der Waals surface area contributed by atoms with Gasteiger partial charge >= 0.3 is 5.63 Å². The maximum atomic E-state index is 11.9. The molecule has 0 saturated heterocycles. The first-order chi connectivity index (χ1) is 13.0. The largest absolute Gasteiger partial charge is 0.494 e. The Kier molecular flexibility index (Phi) is 5.86. The summed E-state index contributed by atoms with van der Waals surface area (Å²) in [7, 11) is 0. The summed E-state index contributed by atoms with van der Waals surface area (Å²) in [6, 6.07) is 13.0. The Labute approximate surface area is 162 Å². The van der Waals surface area contributed by atoms with Crippen molar-refractivity contribution in [2.24, 2.45) is 10.7 Å². The molecule has 0 amide bonds. The number of hydrogen-bond donors (Lipinski definition) is 1. The third-order valence-electron chi connectivity index (χ3n) is 4.28. The van der Waals surface area contributed by atoms with Crippen molar-refractivity contribution in [2.75, 3.05) is 6.61 Å². The summed E-state index contributed by atoms with van der Waals surface area (Å²) in [5.74, 6) is 1.34. The Balaban J connectivity index is 1.80. The third-order valence-corrected chi connectivity index (χ3v) is 5.12. The van der Waals surface area contributed by atoms with Gasteiger partial charge in [0.05, 0.1) is 12.3 Å². The number of aryl methyl sites for hydroxylation is 2. The molecule has 0 aliphatic rings. The van der Waals surface area contributed by atoms with E-state index in [0.717, 1.165) is 33.5 Å². The van der Waals surface area contributed by atoms with Gasteiger partial charge in [-0.25, -0.2) is 9.79 Å². The molecule has 5 nitrogen and oxygen atoms in total. The van der Waals surface area contributed by atoms with Gasteiger partial charge in [-0.2, -0.15) is 0 Å². The number of thioether (sulfide) groups is 1. The van der Waals surface area contributed by atoms with E-state index in [9.17, 15) is 4.79 Å². The molecule has 27 heavy (non-hydrogen) atoms. The number of hydrogen-bond acceptors (Lipinski definition) is 5. The molecule has 0 spiro atoms. The quantitative estimate of drug-likeness (QED) is 0.393. The van der Waals surface area contributed by atoms with Gasteiger partial charge in [0.2, 0.25) is 0 Å². The summed E-state index contributed by atoms with van der Waals surface area (Å²) in [5.41, 5.74) is 10.1. The molecule has 0 bridgehead atoms. The number of nitrogens with zero attached hydrogens (tertiary/aromatic N) is 1. The first-order valence-electron chi connectivity index (χ1n) is 8.70. The average Bonchev–Trinajstić information content (AvgIpc) is 2.65. The predicted molar refractivity (Wildman–Crippen MR) is 112 cm³/mol. The fraction of sp³-hybridized carbons (Fsp3) is 0.238. The van der Waals surface area contributed by atoms with Gasteiger partial charge in [-0.1, -0.05) is 23.9 Å². The fourth-order valence-corrected chi connectivity index (χ4v) is 3.45. The van der Waals surface area contributed by atoms with Crippen molar-refractivity contribution < 1.29 is 9.15 Å². The van der Waals surface area contributed by atoms with E-state index in [1.807, 2.05) is 57.2 Å². The monoisotopic (exact) mass is 382 g/mol. The number of aliphatic imine (C=N–C) groups is 1. The van der Waals surface area contributed by atoms with Gasteiger partial charge in [0, 0.05) is 17.2 Å². The molecule has 3 rings (SSSR count). The number of ether oxygens (including phenoxy) is 1. The topological polar surface area (TPSA) is 77.8 Å². The Morgan fingerprint density at radius 1 is 1.19 bits per heavy atom. The second-order valence-electron chi connectivity index (χ2n) is 6.14. The van der Waals surface area contributed by atoms with Crippen LogP contribution in [0.1, 0.15) is 23.6 Å². The number of rotatable bonds is 5. The van der Waals surface area contributed by atoms with E-state index in [2.05, 4.69) is 4.99 Å². The van der Waals surface area contributed by atoms with Crippen molar-refractivity contribution in [1.82, 2.24) is 0 Å². The van der Waals surface area contributed by atoms with Crippen LogP contribution in [0, 0.1) is 13.8 Å². The molecule has 0 radical (unpaired) electrons. The van der Waals surface area contributed by atoms with Crippen LogP contribution >= 0.6 is 11.8 Å². The normalized spacial score (nSPS) is 11.7. The van der Waals surface area contributed by atoms with E-state index in [-0.39, 0.29) is 5.63 Å². The molecule has 0 aliphatic heterocycles. The second kappa shape index (κ2) is 8.31. The molecule has 1 aromatic heterocycles. The average molecular weight is 382 g/mol. The molecule has 2 N–H and O–H groups in total. The number of nitrogens with two attached hydrogens (primary N) is 1. The number of fused-ring (bicyclic) bond motifs is 1. The van der Waals surface area contributed by atoms with Crippen molar-refractivity contribution >= 4 is 33.6 Å². The minimum Gasteiger partial charge on any atom is -0.494 e. The van der Waals surface area contributed by atoms with Gasteiger partial charge in [-0.05, 0) is 61.7 Å². The van der Waals surface area contributed by atoms with Crippen LogP contribution in [0.4, 0.5) is 5.69 Å². The van der Waals surface area contributed by atoms with Crippen molar-refractivity contribution in [1.29, 1.82) is 0 Å². The molecule has 6 heteroatoms. The summed E-state index contributed by atoms with van der Waals surface area (Å²) in [6.45, 7) is 6.52. The summed E-state index contributed by atoms with van der Waals surface area (Å²) >= 11 is 1.39. The zero-order chi connectivity index (χ0) is 19.4. The highest BCUT2D eigenvalue weighted by atomic mass is 32.2. The Hall–Kier alpha value is -2.73. The third kappa shape index (κ3) is 4.52. The Bertz CT molecular complexity index is 1040. The highest BCUT2D eigenvalue weighted by Crippen LogP contribution is 2.26. The van der Waals surface area contributed by atoms with Crippen LogP contribution < -0.4 is 16.1 Å². The van der Waals surface area contributed by atoms with Gasteiger partial charge in [-0.15, -0.1) is 0 Å². The number of benzene rings is 2. The van der Waals surface area contributed by atoms with Gasteiger partial charge in [0.25, 0.3) is 0 Å². The Morgan fingerprint density at radius 3 is 2.63 bits per heavy atom.